The molecule has 3 aromatic rings. The average Bonchev–Trinajstić information content (AvgIpc) is 2.90. The second kappa shape index (κ2) is 8.38. The van der Waals surface area contributed by atoms with Crippen molar-refractivity contribution < 1.29 is 32.3 Å². The highest BCUT2D eigenvalue weighted by Gasteiger charge is 2.56. The summed E-state index contributed by atoms with van der Waals surface area (Å²) in [6.07, 6.45) is -5.33. The van der Waals surface area contributed by atoms with Gasteiger partial charge in [-0.3, -0.25) is 4.84 Å². The van der Waals surface area contributed by atoms with Gasteiger partial charge in [0.25, 0.3) is 0 Å². The molecule has 172 valence electrons. The van der Waals surface area contributed by atoms with Gasteiger partial charge in [0.15, 0.2) is 6.54 Å². The number of hydrogen-bond donors (Lipinski definition) is 2. The van der Waals surface area contributed by atoms with E-state index in [0.717, 1.165) is 5.39 Å². The number of rotatable bonds is 4. The molecule has 0 radical (unpaired) electrons. The van der Waals surface area contributed by atoms with E-state index in [1.54, 1.807) is 48.5 Å². The zero-order valence-corrected chi connectivity index (χ0v) is 17.6. The smallest absolute Gasteiger partial charge is 0.496 e. The van der Waals surface area contributed by atoms with E-state index in [1.807, 2.05) is 6.07 Å². The second-order valence-electron chi connectivity index (χ2n) is 7.58. The maximum Gasteiger partial charge on any atom is 0.497 e. The number of alkyl halides is 3. The van der Waals surface area contributed by atoms with Gasteiger partial charge in [-0.1, -0.05) is 42.5 Å². The summed E-state index contributed by atoms with van der Waals surface area (Å²) >= 11 is 0. The zero-order valence-electron chi connectivity index (χ0n) is 17.6. The predicted molar refractivity (Wildman–Crippen MR) is 116 cm³/mol. The van der Waals surface area contributed by atoms with Crippen LogP contribution in [0.3, 0.4) is 0 Å². The predicted octanol–water partition coefficient (Wildman–Crippen LogP) is 3.66. The lowest BCUT2D eigenvalue weighted by molar-refractivity contribution is -0.235. The molecule has 1 unspecified atom stereocenters. The number of nitrogens with two attached hydrogens (primary N) is 1. The highest BCUT2D eigenvalue weighted by molar-refractivity contribution is 5.98. The van der Waals surface area contributed by atoms with Gasteiger partial charge in [0.05, 0.1) is 12.7 Å². The third-order valence-electron chi connectivity index (χ3n) is 5.55. The third kappa shape index (κ3) is 3.98. The Kier molecular flexibility index (Phi) is 5.73. The minimum Gasteiger partial charge on any atom is -0.496 e. The lowest BCUT2D eigenvalue weighted by Gasteiger charge is -2.33. The first-order valence-corrected chi connectivity index (χ1v) is 10.0. The summed E-state index contributed by atoms with van der Waals surface area (Å²) < 4.78 is 44.1. The number of hydroxylamine groups is 2. The van der Waals surface area contributed by atoms with Gasteiger partial charge in [-0.05, 0) is 27.6 Å². The number of nitrogens with one attached hydrogen (secondary N) is 1. The first-order chi connectivity index (χ1) is 15.7. The van der Waals surface area contributed by atoms with Crippen LogP contribution in [0.25, 0.3) is 10.8 Å². The van der Waals surface area contributed by atoms with E-state index in [1.165, 1.54) is 13.2 Å². The number of para-hydroxylation sites is 2. The Bertz CT molecular complexity index is 1230. The number of anilines is 1. The van der Waals surface area contributed by atoms with E-state index in [9.17, 15) is 22.8 Å². The normalized spacial score (nSPS) is 20.5. The maximum atomic E-state index is 13.6. The van der Waals surface area contributed by atoms with Crippen molar-refractivity contribution in [2.45, 2.75) is 18.8 Å². The first kappa shape index (κ1) is 22.6. The molecule has 0 bridgehead atoms. The number of amides is 1. The summed E-state index contributed by atoms with van der Waals surface area (Å²) in [5.41, 5.74) is 6.77. The van der Waals surface area contributed by atoms with Gasteiger partial charge in [-0.2, -0.15) is 13.2 Å². The van der Waals surface area contributed by atoms with Crippen molar-refractivity contribution in [2.24, 2.45) is 5.73 Å². The van der Waals surface area contributed by atoms with Crippen LogP contribution in [0.5, 0.6) is 5.75 Å². The number of benzene rings is 3. The van der Waals surface area contributed by atoms with Crippen LogP contribution < -0.4 is 20.4 Å². The molecule has 1 heterocycles. The Hall–Kier alpha value is -3.63. The largest absolute Gasteiger partial charge is 0.497 e. The van der Waals surface area contributed by atoms with E-state index in [4.69, 9.17) is 15.3 Å². The monoisotopic (exact) mass is 460 g/mol. The van der Waals surface area contributed by atoms with Crippen LogP contribution in [-0.2, 0) is 21.0 Å². The summed E-state index contributed by atoms with van der Waals surface area (Å²) in [4.78, 5) is 30.7. The summed E-state index contributed by atoms with van der Waals surface area (Å²) in [5, 5.41) is 4.36. The molecule has 0 spiro atoms. The number of hydrogen-bond acceptors (Lipinski definition) is 6. The lowest BCUT2D eigenvalue weighted by atomic mass is 10.0. The first-order valence-electron chi connectivity index (χ1n) is 10.0. The fraction of sp³-hybridized carbons (Fsp3) is 0.217. The molecule has 0 aliphatic carbocycles. The maximum absolute atomic E-state index is 13.6. The van der Waals surface area contributed by atoms with Crippen molar-refractivity contribution >= 4 is 34.0 Å². The Balaban J connectivity index is 2.01. The fourth-order valence-corrected chi connectivity index (χ4v) is 4.01. The summed E-state index contributed by atoms with van der Waals surface area (Å²) in [7, 11) is 1.41. The van der Waals surface area contributed by atoms with Gasteiger partial charge >= 0.3 is 18.1 Å². The second-order valence-corrected chi connectivity index (χ2v) is 7.58. The molecule has 4 rings (SSSR count). The van der Waals surface area contributed by atoms with Crippen LogP contribution in [-0.4, -0.2) is 37.7 Å². The summed E-state index contributed by atoms with van der Waals surface area (Å²) in [5.74, 6) is -3.08. The minimum absolute atomic E-state index is 0.0306. The van der Waals surface area contributed by atoms with Crippen LogP contribution in [0.1, 0.15) is 5.56 Å². The molecule has 1 amide bonds. The van der Waals surface area contributed by atoms with Gasteiger partial charge in [-0.25, -0.2) is 9.59 Å². The molecule has 0 saturated heterocycles. The van der Waals surface area contributed by atoms with Crippen molar-refractivity contribution in [3.8, 4) is 5.75 Å². The number of carbonyl (C=O) groups is 2. The van der Waals surface area contributed by atoms with E-state index >= 15 is 0 Å². The molecule has 0 fully saturated rings. The number of halogens is 3. The van der Waals surface area contributed by atoms with Gasteiger partial charge in [0.1, 0.15) is 17.5 Å². The van der Waals surface area contributed by atoms with Crippen molar-refractivity contribution in [1.29, 1.82) is 0 Å². The molecule has 1 aliphatic heterocycles. The Labute approximate surface area is 187 Å². The average molecular weight is 460 g/mol. The topological polar surface area (TPSA) is 90.7 Å². The molecule has 3 N–H and O–H groups in total. The molecular weight excluding hydrogens is 439 g/mol. The van der Waals surface area contributed by atoms with Gasteiger partial charge in [-0.15, -0.1) is 0 Å². The molecule has 7 nitrogen and oxygen atoms in total. The number of nitrogens with zero attached hydrogens (tertiary/aromatic N) is 1. The van der Waals surface area contributed by atoms with Crippen molar-refractivity contribution in [2.75, 3.05) is 19.0 Å². The molecule has 33 heavy (non-hydrogen) atoms. The molecule has 0 aromatic heterocycles. The standard InChI is InChI=1S/C23H21F3N3O4/c1-32-20-11-10-14-6-2-3-7-15(14)16(20)13-29(33-22(31)23(24,25)26)19-9-5-4-8-18(19)28-12-17(27)21(29)30/h2-11,17,28H,12-13,27H2,1H3/q+1/t17-,29?/m0/s1. The summed E-state index contributed by atoms with van der Waals surface area (Å²) in [6.45, 7) is -0.510. The lowest BCUT2D eigenvalue weighted by Crippen LogP contribution is -2.61. The quantitative estimate of drug-likeness (QED) is 0.578. The fourth-order valence-electron chi connectivity index (χ4n) is 4.01. The number of methoxy groups -OCH3 is 1. The highest BCUT2D eigenvalue weighted by Crippen LogP contribution is 2.41. The van der Waals surface area contributed by atoms with E-state index < -0.39 is 35.3 Å². The zero-order chi connectivity index (χ0) is 23.8. The van der Waals surface area contributed by atoms with Crippen LogP contribution in [0.15, 0.2) is 60.7 Å². The molecule has 1 aliphatic rings. The molecular formula is C23H21F3N3O4+. The van der Waals surface area contributed by atoms with Crippen molar-refractivity contribution in [1.82, 2.24) is 4.65 Å². The third-order valence-corrected chi connectivity index (χ3v) is 5.55. The van der Waals surface area contributed by atoms with Crippen LogP contribution in [0.4, 0.5) is 24.5 Å². The number of ether oxygens (including phenoxy) is 1. The number of carbonyl (C=O) groups excluding carboxylic acids is 2. The molecule has 3 aromatic carbocycles. The van der Waals surface area contributed by atoms with Gasteiger partial charge < -0.3 is 15.8 Å². The molecule has 2 atom stereocenters. The minimum atomic E-state index is -5.33. The summed E-state index contributed by atoms with van der Waals surface area (Å²) in [6, 6.07) is 15.5. The van der Waals surface area contributed by atoms with Crippen LogP contribution >= 0.6 is 0 Å². The molecule has 0 saturated carbocycles. The Morgan fingerprint density at radius 2 is 1.82 bits per heavy atom. The van der Waals surface area contributed by atoms with Gasteiger partial charge in [0, 0.05) is 12.6 Å². The van der Waals surface area contributed by atoms with E-state index in [-0.39, 0.29) is 12.2 Å². The molecule has 10 heteroatoms. The van der Waals surface area contributed by atoms with Gasteiger partial charge in [0.2, 0.25) is 5.69 Å². The van der Waals surface area contributed by atoms with E-state index in [0.29, 0.717) is 22.4 Å². The number of quaternary nitrogens is 1. The van der Waals surface area contributed by atoms with Crippen molar-refractivity contribution in [3.63, 3.8) is 0 Å². The highest BCUT2D eigenvalue weighted by atomic mass is 19.4. The van der Waals surface area contributed by atoms with Crippen LogP contribution in [0, 0.1) is 0 Å². The van der Waals surface area contributed by atoms with Crippen LogP contribution in [0.2, 0.25) is 0 Å². The Morgan fingerprint density at radius 1 is 1.12 bits per heavy atom. The SMILES string of the molecule is COc1ccc2ccccc2c1C[N+]1(OC(=O)C(F)(F)F)C(=O)[C@@H](N)CNc2ccccc21. The number of fused-ring (bicyclic) bond motifs is 2. The Morgan fingerprint density at radius 3 is 2.55 bits per heavy atom. The van der Waals surface area contributed by atoms with Crippen molar-refractivity contribution in [3.05, 3.63) is 66.2 Å². The van der Waals surface area contributed by atoms with E-state index in [2.05, 4.69) is 5.32 Å².